The lowest BCUT2D eigenvalue weighted by Crippen LogP contribution is -2.45. The fourth-order valence-corrected chi connectivity index (χ4v) is 2.48. The van der Waals surface area contributed by atoms with E-state index in [1.165, 1.54) is 0 Å². The summed E-state index contributed by atoms with van der Waals surface area (Å²) in [6, 6.07) is 2.59. The smallest absolute Gasteiger partial charge is 0.234 e. The van der Waals surface area contributed by atoms with E-state index in [0.717, 1.165) is 25.7 Å². The first kappa shape index (κ1) is 14.9. The molecule has 2 atom stereocenters. The number of hydrogen-bond acceptors (Lipinski definition) is 4. The van der Waals surface area contributed by atoms with E-state index in [0.29, 0.717) is 19.7 Å². The molecule has 1 aliphatic rings. The Morgan fingerprint density at radius 1 is 1.50 bits per heavy atom. The number of carbonyl (C=O) groups excluding carboxylic acids is 1. The third kappa shape index (κ3) is 4.63. The van der Waals surface area contributed by atoms with Crippen LogP contribution in [0, 0.1) is 17.2 Å². The highest BCUT2D eigenvalue weighted by molar-refractivity contribution is 5.78. The summed E-state index contributed by atoms with van der Waals surface area (Å²) in [4.78, 5) is 13.7. The lowest BCUT2D eigenvalue weighted by molar-refractivity contribution is -0.122. The highest BCUT2D eigenvalue weighted by Gasteiger charge is 2.28. The number of methoxy groups -OCH3 is 1. The molecule has 2 unspecified atom stereocenters. The monoisotopic (exact) mass is 253 g/mol. The van der Waals surface area contributed by atoms with Crippen LogP contribution in [-0.2, 0) is 9.53 Å². The molecule has 0 heterocycles. The van der Waals surface area contributed by atoms with E-state index < -0.39 is 0 Å². The number of nitrogens with one attached hydrogen (secondary N) is 1. The van der Waals surface area contributed by atoms with Crippen LogP contribution < -0.4 is 5.32 Å². The molecule has 5 nitrogen and oxygen atoms in total. The van der Waals surface area contributed by atoms with Crippen molar-refractivity contribution in [2.75, 3.05) is 33.9 Å². The van der Waals surface area contributed by atoms with Gasteiger partial charge < -0.3 is 10.1 Å². The summed E-state index contributed by atoms with van der Waals surface area (Å²) < 4.78 is 4.88. The van der Waals surface area contributed by atoms with Gasteiger partial charge in [0.1, 0.15) is 0 Å². The van der Waals surface area contributed by atoms with Crippen molar-refractivity contribution >= 4 is 5.91 Å². The Balaban J connectivity index is 2.36. The summed E-state index contributed by atoms with van der Waals surface area (Å²) >= 11 is 0. The van der Waals surface area contributed by atoms with E-state index in [1.54, 1.807) is 7.11 Å². The first-order chi connectivity index (χ1) is 8.69. The highest BCUT2D eigenvalue weighted by Crippen LogP contribution is 2.27. The highest BCUT2D eigenvalue weighted by atomic mass is 16.5. The molecule has 0 radical (unpaired) electrons. The van der Waals surface area contributed by atoms with Crippen molar-refractivity contribution in [2.45, 2.75) is 31.7 Å². The number of carbonyl (C=O) groups is 1. The summed E-state index contributed by atoms with van der Waals surface area (Å²) in [5, 5.41) is 11.9. The molecule has 18 heavy (non-hydrogen) atoms. The molecule has 1 aliphatic carbocycles. The number of likely N-dealkylation sites (N-methyl/N-ethyl adjacent to an activating group) is 1. The summed E-state index contributed by atoms with van der Waals surface area (Å²) in [7, 11) is 3.54. The predicted octanol–water partition coefficient (Wildman–Crippen LogP) is 0.763. The molecule has 1 rings (SSSR count). The second-order valence-electron chi connectivity index (χ2n) is 4.85. The normalized spacial score (nSPS) is 23.7. The fourth-order valence-electron chi connectivity index (χ4n) is 2.48. The number of amides is 1. The van der Waals surface area contributed by atoms with Crippen LogP contribution in [-0.4, -0.2) is 50.7 Å². The molecule has 0 aromatic carbocycles. The number of hydrogen-bond donors (Lipinski definition) is 1. The van der Waals surface area contributed by atoms with Gasteiger partial charge in [-0.05, 0) is 19.9 Å². The zero-order valence-corrected chi connectivity index (χ0v) is 11.3. The molecule has 0 bridgehead atoms. The molecule has 0 saturated heterocycles. The van der Waals surface area contributed by atoms with Crippen molar-refractivity contribution in [2.24, 2.45) is 5.92 Å². The quantitative estimate of drug-likeness (QED) is 0.710. The minimum Gasteiger partial charge on any atom is -0.383 e. The molecule has 0 aliphatic heterocycles. The lowest BCUT2D eigenvalue weighted by atomic mass is 9.84. The van der Waals surface area contributed by atoms with Gasteiger partial charge in [0, 0.05) is 19.7 Å². The number of rotatable bonds is 6. The van der Waals surface area contributed by atoms with Crippen molar-refractivity contribution < 1.29 is 9.53 Å². The Hall–Kier alpha value is -1.12. The van der Waals surface area contributed by atoms with Gasteiger partial charge >= 0.3 is 0 Å². The van der Waals surface area contributed by atoms with Gasteiger partial charge in [-0.2, -0.15) is 5.26 Å². The Labute approximate surface area is 109 Å². The SMILES string of the molecule is COCCNC(=O)CN(C)C1CCCCC1C#N. The standard InChI is InChI=1S/C13H23N3O2/c1-16(10-13(17)15-7-8-18-2)12-6-4-3-5-11(12)9-14/h11-12H,3-8,10H2,1-2H3,(H,15,17). The van der Waals surface area contributed by atoms with E-state index in [9.17, 15) is 4.79 Å². The molecule has 0 spiro atoms. The minimum atomic E-state index is -0.00295. The van der Waals surface area contributed by atoms with Gasteiger partial charge in [0.05, 0.1) is 25.1 Å². The minimum absolute atomic E-state index is 0.00295. The second-order valence-corrected chi connectivity index (χ2v) is 4.85. The molecule has 102 valence electrons. The Bertz CT molecular complexity index is 301. The fraction of sp³-hybridized carbons (Fsp3) is 0.846. The van der Waals surface area contributed by atoms with Crippen LogP contribution in [0.4, 0.5) is 0 Å². The van der Waals surface area contributed by atoms with Crippen LogP contribution >= 0.6 is 0 Å². The van der Waals surface area contributed by atoms with Crippen molar-refractivity contribution in [1.29, 1.82) is 5.26 Å². The summed E-state index contributed by atoms with van der Waals surface area (Å²) in [6.07, 6.45) is 4.25. The number of ether oxygens (including phenoxy) is 1. The molecule has 1 saturated carbocycles. The number of nitriles is 1. The van der Waals surface area contributed by atoms with Gasteiger partial charge in [0.15, 0.2) is 0 Å². The van der Waals surface area contributed by atoms with Crippen LogP contribution in [0.5, 0.6) is 0 Å². The molecule has 1 N–H and O–H groups in total. The molecule has 1 amide bonds. The van der Waals surface area contributed by atoms with Crippen molar-refractivity contribution in [3.63, 3.8) is 0 Å². The van der Waals surface area contributed by atoms with Crippen molar-refractivity contribution in [3.8, 4) is 6.07 Å². The van der Waals surface area contributed by atoms with E-state index in [-0.39, 0.29) is 17.9 Å². The van der Waals surface area contributed by atoms with E-state index in [2.05, 4.69) is 11.4 Å². The summed E-state index contributed by atoms with van der Waals surface area (Å²) in [6.45, 7) is 1.42. The van der Waals surface area contributed by atoms with Gasteiger partial charge in [-0.15, -0.1) is 0 Å². The Morgan fingerprint density at radius 3 is 2.89 bits per heavy atom. The van der Waals surface area contributed by atoms with Gasteiger partial charge in [-0.25, -0.2) is 0 Å². The van der Waals surface area contributed by atoms with E-state index in [1.807, 2.05) is 11.9 Å². The first-order valence-electron chi connectivity index (χ1n) is 6.54. The number of nitrogens with zero attached hydrogens (tertiary/aromatic N) is 2. The van der Waals surface area contributed by atoms with Crippen LogP contribution in [0.2, 0.25) is 0 Å². The molecule has 0 aromatic rings. The maximum Gasteiger partial charge on any atom is 0.234 e. The van der Waals surface area contributed by atoms with Crippen LogP contribution in [0.15, 0.2) is 0 Å². The predicted molar refractivity (Wildman–Crippen MR) is 68.9 cm³/mol. The molecular formula is C13H23N3O2. The van der Waals surface area contributed by atoms with Gasteiger partial charge in [-0.3, -0.25) is 9.69 Å². The first-order valence-corrected chi connectivity index (χ1v) is 6.54. The van der Waals surface area contributed by atoms with Crippen molar-refractivity contribution in [3.05, 3.63) is 0 Å². The maximum absolute atomic E-state index is 11.7. The average Bonchev–Trinajstić information content (AvgIpc) is 2.39. The maximum atomic E-state index is 11.7. The van der Waals surface area contributed by atoms with Gasteiger partial charge in [-0.1, -0.05) is 12.8 Å². The zero-order valence-electron chi connectivity index (χ0n) is 11.3. The molecule has 1 fully saturated rings. The topological polar surface area (TPSA) is 65.4 Å². The van der Waals surface area contributed by atoms with Crippen LogP contribution in [0.25, 0.3) is 0 Å². The van der Waals surface area contributed by atoms with Crippen LogP contribution in [0.3, 0.4) is 0 Å². The van der Waals surface area contributed by atoms with Crippen LogP contribution in [0.1, 0.15) is 25.7 Å². The third-order valence-corrected chi connectivity index (χ3v) is 3.48. The van der Waals surface area contributed by atoms with Crippen molar-refractivity contribution in [1.82, 2.24) is 10.2 Å². The average molecular weight is 253 g/mol. The zero-order chi connectivity index (χ0) is 13.4. The van der Waals surface area contributed by atoms with Gasteiger partial charge in [0.25, 0.3) is 0 Å². The lowest BCUT2D eigenvalue weighted by Gasteiger charge is -2.34. The Morgan fingerprint density at radius 2 is 2.22 bits per heavy atom. The Kier molecular flexibility index (Phi) is 6.69. The largest absolute Gasteiger partial charge is 0.383 e. The molecule has 5 heteroatoms. The summed E-state index contributed by atoms with van der Waals surface area (Å²) in [5.74, 6) is 0.0624. The van der Waals surface area contributed by atoms with Gasteiger partial charge in [0.2, 0.25) is 5.91 Å². The molecule has 0 aromatic heterocycles. The summed E-state index contributed by atoms with van der Waals surface area (Å²) in [5.41, 5.74) is 0. The van der Waals surface area contributed by atoms with E-state index >= 15 is 0 Å². The molecular weight excluding hydrogens is 230 g/mol. The third-order valence-electron chi connectivity index (χ3n) is 3.48. The second kappa shape index (κ2) is 8.06. The van der Waals surface area contributed by atoms with E-state index in [4.69, 9.17) is 10.00 Å².